The lowest BCUT2D eigenvalue weighted by molar-refractivity contribution is 0.269. The number of pyridine rings is 1. The van der Waals surface area contributed by atoms with Crippen molar-refractivity contribution in [2.45, 2.75) is 25.8 Å². The molecule has 0 aliphatic rings. The molecule has 20 heavy (non-hydrogen) atoms. The van der Waals surface area contributed by atoms with E-state index in [4.69, 9.17) is 5.11 Å². The molecule has 0 unspecified atom stereocenters. The second kappa shape index (κ2) is 7.21. The topological polar surface area (TPSA) is 62.8 Å². The summed E-state index contributed by atoms with van der Waals surface area (Å²) in [4.78, 5) is 14.2. The van der Waals surface area contributed by atoms with Crippen LogP contribution in [0.4, 0.5) is 0 Å². The molecule has 0 amide bonds. The van der Waals surface area contributed by atoms with E-state index in [-0.39, 0.29) is 12.3 Å². The van der Waals surface area contributed by atoms with Gasteiger partial charge in [-0.05, 0) is 45.0 Å². The second-order valence-corrected chi connectivity index (χ2v) is 5.02. The molecule has 0 bridgehead atoms. The molecule has 0 saturated heterocycles. The van der Waals surface area contributed by atoms with Crippen LogP contribution in [0.3, 0.4) is 0 Å². The fourth-order valence-corrected chi connectivity index (χ4v) is 2.16. The Morgan fingerprint density at radius 1 is 1.25 bits per heavy atom. The third-order valence-corrected chi connectivity index (χ3v) is 3.38. The minimum atomic E-state index is -0.0886. The Kier molecular flexibility index (Phi) is 5.31. The summed E-state index contributed by atoms with van der Waals surface area (Å²) in [6, 6.07) is 5.53. The zero-order valence-corrected chi connectivity index (χ0v) is 11.9. The number of hydrogen-bond acceptors (Lipinski definition) is 4. The highest BCUT2D eigenvalue weighted by Crippen LogP contribution is 1.98. The lowest BCUT2D eigenvalue weighted by atomic mass is 10.2. The van der Waals surface area contributed by atoms with E-state index in [2.05, 4.69) is 10.00 Å². The monoisotopic (exact) mass is 278 g/mol. The van der Waals surface area contributed by atoms with Crippen LogP contribution in [0.2, 0.25) is 0 Å². The van der Waals surface area contributed by atoms with Gasteiger partial charge in [0.25, 0.3) is 0 Å². The van der Waals surface area contributed by atoms with Gasteiger partial charge in [0.2, 0.25) is 0 Å². The average Bonchev–Trinajstić information content (AvgIpc) is 2.78. The summed E-state index contributed by atoms with van der Waals surface area (Å²) in [7, 11) is 2.04. The minimum absolute atomic E-state index is 0.0886. The molecule has 0 aromatic carbocycles. The predicted octanol–water partition coefficient (Wildman–Crippen LogP) is 0.590. The molecule has 1 N–H and O–H groups in total. The van der Waals surface area contributed by atoms with Crippen molar-refractivity contribution in [2.24, 2.45) is 0 Å². The fraction of sp³-hybridized carbons (Fsp3) is 0.571. The second-order valence-electron chi connectivity index (χ2n) is 5.02. The molecular formula is C14H22N4O2. The molecule has 0 aliphatic carbocycles. The highest BCUT2D eigenvalue weighted by molar-refractivity contribution is 5.35. The molecule has 0 atom stereocenters. The van der Waals surface area contributed by atoms with E-state index in [1.165, 1.54) is 4.68 Å². The van der Waals surface area contributed by atoms with Crippen molar-refractivity contribution in [3.63, 3.8) is 0 Å². The first-order valence-corrected chi connectivity index (χ1v) is 7.06. The fourth-order valence-electron chi connectivity index (χ4n) is 2.16. The normalized spacial score (nSPS) is 11.6. The maximum absolute atomic E-state index is 12.1. The van der Waals surface area contributed by atoms with Crippen molar-refractivity contribution < 1.29 is 5.11 Å². The van der Waals surface area contributed by atoms with E-state index in [0.29, 0.717) is 12.2 Å². The van der Waals surface area contributed by atoms with Crippen molar-refractivity contribution in [1.29, 1.82) is 0 Å². The SMILES string of the molecule is CN(CCCCCO)CCn1nc2ccccn2c1=O. The first-order valence-electron chi connectivity index (χ1n) is 7.06. The molecule has 110 valence electrons. The van der Waals surface area contributed by atoms with Crippen LogP contribution in [-0.2, 0) is 6.54 Å². The van der Waals surface area contributed by atoms with E-state index in [1.54, 1.807) is 10.6 Å². The molecule has 0 radical (unpaired) electrons. The van der Waals surface area contributed by atoms with Gasteiger partial charge in [0.15, 0.2) is 5.65 Å². The standard InChI is InChI=1S/C14H22N4O2/c1-16(8-4-2-6-12-19)10-11-18-14(20)17-9-5-3-7-13(17)15-18/h3,5,7,9,19H,2,4,6,8,10-12H2,1H3. The van der Waals surface area contributed by atoms with Crippen LogP contribution < -0.4 is 5.69 Å². The number of rotatable bonds is 8. The molecular weight excluding hydrogens is 256 g/mol. The van der Waals surface area contributed by atoms with Crippen molar-refractivity contribution in [1.82, 2.24) is 19.1 Å². The zero-order chi connectivity index (χ0) is 14.4. The first-order chi connectivity index (χ1) is 9.72. The van der Waals surface area contributed by atoms with Gasteiger partial charge in [0.1, 0.15) is 0 Å². The van der Waals surface area contributed by atoms with Gasteiger partial charge in [-0.3, -0.25) is 4.40 Å². The number of likely N-dealkylation sites (N-methyl/N-ethyl adjacent to an activating group) is 1. The summed E-state index contributed by atoms with van der Waals surface area (Å²) in [5.74, 6) is 0. The predicted molar refractivity (Wildman–Crippen MR) is 77.9 cm³/mol. The third-order valence-electron chi connectivity index (χ3n) is 3.38. The van der Waals surface area contributed by atoms with Crippen LogP contribution in [0.5, 0.6) is 0 Å². The van der Waals surface area contributed by atoms with Crippen molar-refractivity contribution in [2.75, 3.05) is 26.7 Å². The van der Waals surface area contributed by atoms with Gasteiger partial charge in [-0.25, -0.2) is 9.48 Å². The molecule has 2 rings (SSSR count). The highest BCUT2D eigenvalue weighted by Gasteiger charge is 2.06. The number of nitrogens with zero attached hydrogens (tertiary/aromatic N) is 4. The largest absolute Gasteiger partial charge is 0.396 e. The molecule has 0 spiro atoms. The molecule has 2 aromatic rings. The first kappa shape index (κ1) is 14.7. The summed E-state index contributed by atoms with van der Waals surface area (Å²) in [5.41, 5.74) is 0.595. The number of aromatic nitrogens is 3. The number of aliphatic hydroxyl groups is 1. The van der Waals surface area contributed by atoms with Gasteiger partial charge in [-0.2, -0.15) is 0 Å². The molecule has 0 fully saturated rings. The van der Waals surface area contributed by atoms with Gasteiger partial charge in [0.05, 0.1) is 6.54 Å². The van der Waals surface area contributed by atoms with Crippen LogP contribution in [0, 0.1) is 0 Å². The smallest absolute Gasteiger partial charge is 0.350 e. The molecule has 0 aliphatic heterocycles. The van der Waals surface area contributed by atoms with Crippen LogP contribution in [0.15, 0.2) is 29.2 Å². The van der Waals surface area contributed by atoms with Gasteiger partial charge in [-0.15, -0.1) is 5.10 Å². The molecule has 2 aromatic heterocycles. The van der Waals surface area contributed by atoms with E-state index >= 15 is 0 Å². The zero-order valence-electron chi connectivity index (χ0n) is 11.9. The van der Waals surface area contributed by atoms with Gasteiger partial charge in [0, 0.05) is 19.3 Å². The molecule has 6 heteroatoms. The average molecular weight is 278 g/mol. The van der Waals surface area contributed by atoms with Crippen molar-refractivity contribution in [3.8, 4) is 0 Å². The van der Waals surface area contributed by atoms with Crippen LogP contribution >= 0.6 is 0 Å². The quantitative estimate of drug-likeness (QED) is 0.718. The highest BCUT2D eigenvalue weighted by atomic mass is 16.2. The lowest BCUT2D eigenvalue weighted by Crippen LogP contribution is -2.29. The van der Waals surface area contributed by atoms with Crippen LogP contribution in [0.25, 0.3) is 5.65 Å². The minimum Gasteiger partial charge on any atom is -0.396 e. The van der Waals surface area contributed by atoms with E-state index < -0.39 is 0 Å². The molecule has 0 saturated carbocycles. The molecule has 2 heterocycles. The Bertz CT molecular complexity index is 590. The number of unbranched alkanes of at least 4 members (excludes halogenated alkanes) is 2. The Morgan fingerprint density at radius 3 is 2.85 bits per heavy atom. The van der Waals surface area contributed by atoms with Crippen LogP contribution in [0.1, 0.15) is 19.3 Å². The maximum Gasteiger partial charge on any atom is 0.350 e. The Hall–Kier alpha value is -1.66. The summed E-state index contributed by atoms with van der Waals surface area (Å²) < 4.78 is 3.07. The summed E-state index contributed by atoms with van der Waals surface area (Å²) in [6.07, 6.45) is 4.70. The lowest BCUT2D eigenvalue weighted by Gasteiger charge is -2.15. The van der Waals surface area contributed by atoms with Gasteiger partial charge >= 0.3 is 5.69 Å². The Labute approximate surface area is 118 Å². The summed E-state index contributed by atoms with van der Waals surface area (Å²) in [6.45, 7) is 2.63. The van der Waals surface area contributed by atoms with Crippen LogP contribution in [-0.4, -0.2) is 50.9 Å². The number of aliphatic hydroxyl groups excluding tert-OH is 1. The van der Waals surface area contributed by atoms with E-state index in [0.717, 1.165) is 32.4 Å². The van der Waals surface area contributed by atoms with Gasteiger partial charge < -0.3 is 10.0 Å². The Morgan fingerprint density at radius 2 is 2.10 bits per heavy atom. The van der Waals surface area contributed by atoms with E-state index in [1.807, 2.05) is 25.2 Å². The summed E-state index contributed by atoms with van der Waals surface area (Å²) >= 11 is 0. The number of hydrogen-bond donors (Lipinski definition) is 1. The molecule has 6 nitrogen and oxygen atoms in total. The third kappa shape index (κ3) is 3.68. The summed E-state index contributed by atoms with van der Waals surface area (Å²) in [5, 5.41) is 13.0. The Balaban J connectivity index is 1.86. The van der Waals surface area contributed by atoms with Gasteiger partial charge in [-0.1, -0.05) is 6.07 Å². The van der Waals surface area contributed by atoms with E-state index in [9.17, 15) is 4.79 Å². The van der Waals surface area contributed by atoms with Crippen molar-refractivity contribution >= 4 is 5.65 Å². The number of fused-ring (bicyclic) bond motifs is 1. The maximum atomic E-state index is 12.1. The van der Waals surface area contributed by atoms with Crippen molar-refractivity contribution in [3.05, 3.63) is 34.9 Å².